The van der Waals surface area contributed by atoms with Gasteiger partial charge in [0.15, 0.2) is 5.82 Å². The number of rotatable bonds is 8. The number of piperidine rings is 1. The number of hydrogen-bond acceptors (Lipinski definition) is 8. The molecule has 0 bridgehead atoms. The number of benzene rings is 1. The van der Waals surface area contributed by atoms with Gasteiger partial charge in [0.1, 0.15) is 18.0 Å². The zero-order valence-corrected chi connectivity index (χ0v) is 23.9. The van der Waals surface area contributed by atoms with Gasteiger partial charge in [0.25, 0.3) is 5.91 Å². The molecular formula is C29H35FN8OS. The predicted octanol–water partition coefficient (Wildman–Crippen LogP) is 4.42. The fourth-order valence-corrected chi connectivity index (χ4v) is 4.95. The molecular weight excluding hydrogens is 527 g/mol. The molecule has 0 unspecified atom stereocenters. The molecule has 210 valence electrons. The Morgan fingerprint density at radius 3 is 2.60 bits per heavy atom. The van der Waals surface area contributed by atoms with E-state index in [1.807, 2.05) is 36.5 Å². The number of carbonyl (C=O) groups excluding carboxylic acids is 1. The van der Waals surface area contributed by atoms with E-state index >= 15 is 0 Å². The lowest BCUT2D eigenvalue weighted by atomic mass is 9.96. The standard InChI is InChI=1S/C29H33FN8O.H2S/c1-18(21-5-4-6-22-27(29(39)31-2)23(30)16-34-28(21)22)14-32-26-13-24(35-17-36-26)19-7-8-25(33-15-19)37-20-9-11-38(3)12-10-20;/h4-8,13,15-18,20H,9-12,14H2,1-3H3,(H,31,39)(H,33,37)(H,32,35,36);1H2/t18-;/m1./s1. The summed E-state index contributed by atoms with van der Waals surface area (Å²) >= 11 is 0. The Balaban J connectivity index is 0.00000370. The smallest absolute Gasteiger partial charge is 0.254 e. The lowest BCUT2D eigenvalue weighted by molar-refractivity contribution is 0.0960. The first kappa shape index (κ1) is 29.2. The van der Waals surface area contributed by atoms with Crippen molar-refractivity contribution in [3.05, 3.63) is 72.1 Å². The number of amides is 1. The fraction of sp³-hybridized carbons (Fsp3) is 0.345. The van der Waals surface area contributed by atoms with Crippen molar-refractivity contribution in [1.82, 2.24) is 30.2 Å². The Morgan fingerprint density at radius 1 is 1.07 bits per heavy atom. The van der Waals surface area contributed by atoms with Gasteiger partial charge in [0, 0.05) is 48.8 Å². The van der Waals surface area contributed by atoms with Gasteiger partial charge in [-0.25, -0.2) is 19.3 Å². The number of anilines is 2. The van der Waals surface area contributed by atoms with Crippen molar-refractivity contribution in [2.24, 2.45) is 0 Å². The lowest BCUT2D eigenvalue weighted by Crippen LogP contribution is -2.36. The zero-order valence-electron chi connectivity index (χ0n) is 22.9. The van der Waals surface area contributed by atoms with Crippen LogP contribution < -0.4 is 16.0 Å². The van der Waals surface area contributed by atoms with E-state index < -0.39 is 11.7 Å². The Kier molecular flexibility index (Phi) is 9.49. The normalized spacial score (nSPS) is 14.8. The Morgan fingerprint density at radius 2 is 1.88 bits per heavy atom. The molecule has 1 amide bonds. The summed E-state index contributed by atoms with van der Waals surface area (Å²) in [7, 11) is 3.64. The molecule has 1 aromatic carbocycles. The van der Waals surface area contributed by atoms with Crippen LogP contribution in [0.1, 0.15) is 41.6 Å². The topological polar surface area (TPSA) is 108 Å². The highest BCUT2D eigenvalue weighted by molar-refractivity contribution is 7.59. The van der Waals surface area contributed by atoms with Crippen molar-refractivity contribution < 1.29 is 9.18 Å². The Bertz CT molecular complexity index is 1460. The largest absolute Gasteiger partial charge is 0.369 e. The van der Waals surface area contributed by atoms with Crippen molar-refractivity contribution >= 4 is 41.9 Å². The molecule has 4 aromatic rings. The minimum absolute atomic E-state index is 0. The number of aromatic nitrogens is 4. The van der Waals surface area contributed by atoms with Gasteiger partial charge in [0.05, 0.1) is 23.0 Å². The minimum Gasteiger partial charge on any atom is -0.369 e. The number of carbonyl (C=O) groups is 1. The summed E-state index contributed by atoms with van der Waals surface area (Å²) in [6.07, 6.45) is 6.69. The molecule has 0 radical (unpaired) electrons. The first-order valence-electron chi connectivity index (χ1n) is 13.2. The monoisotopic (exact) mass is 562 g/mol. The molecule has 0 spiro atoms. The summed E-state index contributed by atoms with van der Waals surface area (Å²) < 4.78 is 14.4. The van der Waals surface area contributed by atoms with Crippen molar-refractivity contribution in [1.29, 1.82) is 0 Å². The number of fused-ring (bicyclic) bond motifs is 1. The third-order valence-corrected chi connectivity index (χ3v) is 7.25. The first-order valence-corrected chi connectivity index (χ1v) is 13.2. The van der Waals surface area contributed by atoms with E-state index in [0.717, 1.165) is 54.8 Å². The van der Waals surface area contributed by atoms with Crippen LogP contribution in [0.2, 0.25) is 0 Å². The van der Waals surface area contributed by atoms with Crippen molar-refractivity contribution in [2.45, 2.75) is 31.7 Å². The molecule has 1 aliphatic rings. The average molecular weight is 563 g/mol. The number of para-hydroxylation sites is 1. The highest BCUT2D eigenvalue weighted by Gasteiger charge is 2.19. The summed E-state index contributed by atoms with van der Waals surface area (Å²) in [6.45, 7) is 4.80. The molecule has 40 heavy (non-hydrogen) atoms. The quantitative estimate of drug-likeness (QED) is 0.290. The van der Waals surface area contributed by atoms with Crippen LogP contribution in [0.25, 0.3) is 22.2 Å². The van der Waals surface area contributed by atoms with Crippen molar-refractivity contribution in [3.63, 3.8) is 0 Å². The predicted molar refractivity (Wildman–Crippen MR) is 162 cm³/mol. The van der Waals surface area contributed by atoms with Gasteiger partial charge < -0.3 is 20.9 Å². The van der Waals surface area contributed by atoms with Crippen LogP contribution in [-0.4, -0.2) is 70.5 Å². The van der Waals surface area contributed by atoms with Crippen LogP contribution in [0, 0.1) is 5.82 Å². The molecule has 3 aromatic heterocycles. The van der Waals surface area contributed by atoms with Crippen molar-refractivity contribution in [3.8, 4) is 11.3 Å². The van der Waals surface area contributed by atoms with Gasteiger partial charge in [-0.15, -0.1) is 0 Å². The van der Waals surface area contributed by atoms with Gasteiger partial charge in [-0.1, -0.05) is 25.1 Å². The Hall–Kier alpha value is -3.83. The van der Waals surface area contributed by atoms with Gasteiger partial charge >= 0.3 is 0 Å². The van der Waals surface area contributed by atoms with Gasteiger partial charge in [-0.2, -0.15) is 13.5 Å². The third kappa shape index (κ3) is 6.48. The van der Waals surface area contributed by atoms with Gasteiger partial charge in [-0.3, -0.25) is 9.78 Å². The number of nitrogens with zero attached hydrogens (tertiary/aromatic N) is 5. The van der Waals surface area contributed by atoms with E-state index in [9.17, 15) is 9.18 Å². The number of likely N-dealkylation sites (tertiary alicyclic amines) is 1. The van der Waals surface area contributed by atoms with Crippen molar-refractivity contribution in [2.75, 3.05) is 44.4 Å². The number of hydrogen-bond donors (Lipinski definition) is 3. The number of pyridine rings is 2. The minimum atomic E-state index is -0.640. The summed E-state index contributed by atoms with van der Waals surface area (Å²) in [5, 5.41) is 9.91. The third-order valence-electron chi connectivity index (χ3n) is 7.25. The van der Waals surface area contributed by atoms with E-state index in [1.54, 1.807) is 6.07 Å². The summed E-state index contributed by atoms with van der Waals surface area (Å²) in [5.74, 6) is 0.451. The second kappa shape index (κ2) is 13.0. The molecule has 11 heteroatoms. The summed E-state index contributed by atoms with van der Waals surface area (Å²) in [6, 6.07) is 11.8. The number of halogens is 1. The van der Waals surface area contributed by atoms with Crippen LogP contribution in [0.15, 0.2) is 55.1 Å². The second-order valence-electron chi connectivity index (χ2n) is 10.0. The molecule has 9 nitrogen and oxygen atoms in total. The molecule has 3 N–H and O–H groups in total. The van der Waals surface area contributed by atoms with Crippen LogP contribution >= 0.6 is 13.5 Å². The average Bonchev–Trinajstić information content (AvgIpc) is 2.97. The molecule has 0 aliphatic carbocycles. The van der Waals surface area contributed by atoms with E-state index in [1.165, 1.54) is 13.4 Å². The zero-order chi connectivity index (χ0) is 27.4. The van der Waals surface area contributed by atoms with E-state index in [4.69, 9.17) is 0 Å². The number of nitrogens with one attached hydrogen (secondary N) is 3. The molecule has 0 saturated carbocycles. The maximum absolute atomic E-state index is 14.4. The van der Waals surface area contributed by atoms with E-state index in [-0.39, 0.29) is 25.0 Å². The highest BCUT2D eigenvalue weighted by atomic mass is 32.1. The second-order valence-corrected chi connectivity index (χ2v) is 10.0. The molecule has 1 fully saturated rings. The van der Waals surface area contributed by atoms with Crippen LogP contribution in [0.4, 0.5) is 16.0 Å². The Labute approximate surface area is 240 Å². The van der Waals surface area contributed by atoms with E-state index in [2.05, 4.69) is 54.8 Å². The maximum Gasteiger partial charge on any atom is 0.254 e. The van der Waals surface area contributed by atoms with Gasteiger partial charge in [0.2, 0.25) is 0 Å². The maximum atomic E-state index is 14.4. The molecule has 1 atom stereocenters. The van der Waals surface area contributed by atoms with Crippen LogP contribution in [0.3, 0.4) is 0 Å². The summed E-state index contributed by atoms with van der Waals surface area (Å²) in [5.41, 5.74) is 3.21. The fourth-order valence-electron chi connectivity index (χ4n) is 4.95. The van der Waals surface area contributed by atoms with Crippen LogP contribution in [-0.2, 0) is 0 Å². The SMILES string of the molecule is CNC(=O)c1c(F)cnc2c([C@H](C)CNc3cc(-c4ccc(NC5CCN(C)CC5)nc4)ncn3)cccc12.S. The molecule has 1 saturated heterocycles. The highest BCUT2D eigenvalue weighted by Crippen LogP contribution is 2.28. The van der Waals surface area contributed by atoms with E-state index in [0.29, 0.717) is 29.3 Å². The lowest BCUT2D eigenvalue weighted by Gasteiger charge is -2.29. The molecule has 1 aliphatic heterocycles. The summed E-state index contributed by atoms with van der Waals surface area (Å²) in [4.78, 5) is 32.4. The van der Waals surface area contributed by atoms with Crippen LogP contribution in [0.5, 0.6) is 0 Å². The van der Waals surface area contributed by atoms with Gasteiger partial charge in [-0.05, 0) is 50.7 Å². The molecule has 4 heterocycles. The molecule has 5 rings (SSSR count). The first-order chi connectivity index (χ1) is 18.9.